The Kier molecular flexibility index (Phi) is 4.02. The lowest BCUT2D eigenvalue weighted by molar-refractivity contribution is -0.384. The summed E-state index contributed by atoms with van der Waals surface area (Å²) in [6.45, 7) is 0. The number of nitro benzene ring substituents is 1. The van der Waals surface area contributed by atoms with E-state index in [9.17, 15) is 14.5 Å². The smallest absolute Gasteiger partial charge is 0.270 e. The first kappa shape index (κ1) is 16.1. The molecule has 2 heterocycles. The molecule has 0 amide bonds. The maximum Gasteiger partial charge on any atom is 0.270 e. The zero-order chi connectivity index (χ0) is 18.1. The zero-order valence-electron chi connectivity index (χ0n) is 13.2. The SMILES string of the molecule is O=[N+]([O-])c1cccc(-c2csc3ncnc(Nc4ccc(F)cc4)c23)c1. The van der Waals surface area contributed by atoms with Gasteiger partial charge >= 0.3 is 0 Å². The summed E-state index contributed by atoms with van der Waals surface area (Å²) >= 11 is 1.43. The third-order valence-corrected chi connectivity index (χ3v) is 4.73. The van der Waals surface area contributed by atoms with Crippen LogP contribution in [0.1, 0.15) is 0 Å². The van der Waals surface area contributed by atoms with Crippen LogP contribution in [0.2, 0.25) is 0 Å². The molecule has 0 spiro atoms. The Morgan fingerprint density at radius 3 is 2.69 bits per heavy atom. The number of aromatic nitrogens is 2. The highest BCUT2D eigenvalue weighted by molar-refractivity contribution is 7.17. The fraction of sp³-hybridized carbons (Fsp3) is 0. The van der Waals surface area contributed by atoms with Gasteiger partial charge in [0.2, 0.25) is 0 Å². The predicted molar refractivity (Wildman–Crippen MR) is 99.2 cm³/mol. The van der Waals surface area contributed by atoms with Crippen LogP contribution >= 0.6 is 11.3 Å². The highest BCUT2D eigenvalue weighted by atomic mass is 32.1. The summed E-state index contributed by atoms with van der Waals surface area (Å²) in [5, 5.41) is 16.9. The summed E-state index contributed by atoms with van der Waals surface area (Å²) in [6.07, 6.45) is 1.45. The molecule has 4 aromatic rings. The van der Waals surface area contributed by atoms with Crippen LogP contribution in [0.25, 0.3) is 21.3 Å². The summed E-state index contributed by atoms with van der Waals surface area (Å²) in [4.78, 5) is 20.0. The van der Waals surface area contributed by atoms with Crippen molar-refractivity contribution in [3.8, 4) is 11.1 Å². The lowest BCUT2D eigenvalue weighted by atomic mass is 10.1. The van der Waals surface area contributed by atoms with E-state index in [0.29, 0.717) is 17.1 Å². The van der Waals surface area contributed by atoms with Crippen LogP contribution in [0.3, 0.4) is 0 Å². The Morgan fingerprint density at radius 2 is 1.92 bits per heavy atom. The second kappa shape index (κ2) is 6.49. The first-order valence-corrected chi connectivity index (χ1v) is 8.49. The summed E-state index contributed by atoms with van der Waals surface area (Å²) in [6, 6.07) is 12.4. The third-order valence-electron chi connectivity index (χ3n) is 3.85. The van der Waals surface area contributed by atoms with Gasteiger partial charge in [-0.2, -0.15) is 0 Å². The number of anilines is 2. The fourth-order valence-electron chi connectivity index (χ4n) is 2.64. The van der Waals surface area contributed by atoms with Crippen molar-refractivity contribution in [2.75, 3.05) is 5.32 Å². The largest absolute Gasteiger partial charge is 0.340 e. The molecular weight excluding hydrogens is 355 g/mol. The molecule has 8 heteroatoms. The Morgan fingerprint density at radius 1 is 1.12 bits per heavy atom. The second-order valence-corrected chi connectivity index (χ2v) is 6.35. The Labute approximate surface area is 151 Å². The van der Waals surface area contributed by atoms with Gasteiger partial charge in [0.05, 0.1) is 10.3 Å². The summed E-state index contributed by atoms with van der Waals surface area (Å²) in [7, 11) is 0. The molecule has 2 aromatic heterocycles. The molecular formula is C18H11FN4O2S. The Hall–Kier alpha value is -3.39. The van der Waals surface area contributed by atoms with Crippen molar-refractivity contribution in [1.29, 1.82) is 0 Å². The number of thiophene rings is 1. The molecule has 0 aliphatic rings. The molecule has 0 aliphatic heterocycles. The normalized spacial score (nSPS) is 10.8. The van der Waals surface area contributed by atoms with Crippen LogP contribution in [-0.2, 0) is 0 Å². The van der Waals surface area contributed by atoms with Gasteiger partial charge in [0, 0.05) is 28.8 Å². The van der Waals surface area contributed by atoms with E-state index in [1.807, 2.05) is 11.4 Å². The average Bonchev–Trinajstić information content (AvgIpc) is 3.09. The highest BCUT2D eigenvalue weighted by Crippen LogP contribution is 2.38. The first-order valence-electron chi connectivity index (χ1n) is 7.61. The maximum absolute atomic E-state index is 13.1. The molecule has 0 saturated carbocycles. The second-order valence-electron chi connectivity index (χ2n) is 5.49. The van der Waals surface area contributed by atoms with E-state index in [1.165, 1.54) is 41.9 Å². The molecule has 0 aliphatic carbocycles. The maximum atomic E-state index is 13.1. The van der Waals surface area contributed by atoms with Gasteiger partial charge in [0.15, 0.2) is 0 Å². The van der Waals surface area contributed by atoms with E-state index in [0.717, 1.165) is 15.8 Å². The standard InChI is InChI=1S/C18H11FN4O2S/c19-12-4-6-13(7-5-12)22-17-16-15(9-26-18(16)21-10-20-17)11-2-1-3-14(8-11)23(24)25/h1-10H,(H,20,21,22). The van der Waals surface area contributed by atoms with Crippen LogP contribution in [0.4, 0.5) is 21.6 Å². The molecule has 128 valence electrons. The molecule has 0 atom stereocenters. The lowest BCUT2D eigenvalue weighted by Gasteiger charge is -2.08. The molecule has 26 heavy (non-hydrogen) atoms. The number of nitrogens with one attached hydrogen (secondary N) is 1. The number of non-ortho nitro benzene ring substituents is 1. The van der Waals surface area contributed by atoms with Gasteiger partial charge in [-0.25, -0.2) is 14.4 Å². The highest BCUT2D eigenvalue weighted by Gasteiger charge is 2.15. The van der Waals surface area contributed by atoms with Crippen molar-refractivity contribution >= 4 is 38.7 Å². The van der Waals surface area contributed by atoms with Gasteiger partial charge in [0.25, 0.3) is 5.69 Å². The van der Waals surface area contributed by atoms with Crippen LogP contribution < -0.4 is 5.32 Å². The van der Waals surface area contributed by atoms with E-state index in [2.05, 4.69) is 15.3 Å². The fourth-order valence-corrected chi connectivity index (χ4v) is 3.56. The first-order chi connectivity index (χ1) is 12.6. The number of fused-ring (bicyclic) bond motifs is 1. The minimum atomic E-state index is -0.424. The van der Waals surface area contributed by atoms with E-state index >= 15 is 0 Å². The summed E-state index contributed by atoms with van der Waals surface area (Å²) < 4.78 is 13.1. The minimum Gasteiger partial charge on any atom is -0.340 e. The van der Waals surface area contributed by atoms with Crippen molar-refractivity contribution in [2.45, 2.75) is 0 Å². The van der Waals surface area contributed by atoms with Gasteiger partial charge in [-0.1, -0.05) is 12.1 Å². The topological polar surface area (TPSA) is 81.0 Å². The van der Waals surface area contributed by atoms with Gasteiger partial charge in [-0.3, -0.25) is 10.1 Å². The van der Waals surface area contributed by atoms with E-state index in [4.69, 9.17) is 0 Å². The zero-order valence-corrected chi connectivity index (χ0v) is 14.0. The summed E-state index contributed by atoms with van der Waals surface area (Å²) in [5.74, 6) is 0.237. The van der Waals surface area contributed by atoms with Crippen molar-refractivity contribution in [1.82, 2.24) is 9.97 Å². The minimum absolute atomic E-state index is 0.0201. The van der Waals surface area contributed by atoms with Crippen molar-refractivity contribution < 1.29 is 9.31 Å². The lowest BCUT2D eigenvalue weighted by Crippen LogP contribution is -1.95. The van der Waals surface area contributed by atoms with Crippen molar-refractivity contribution in [2.24, 2.45) is 0 Å². The molecule has 0 radical (unpaired) electrons. The average molecular weight is 366 g/mol. The van der Waals surface area contributed by atoms with E-state index in [-0.39, 0.29) is 11.5 Å². The third kappa shape index (κ3) is 2.98. The Balaban J connectivity index is 1.83. The van der Waals surface area contributed by atoms with Crippen LogP contribution in [-0.4, -0.2) is 14.9 Å². The monoisotopic (exact) mass is 366 g/mol. The number of hydrogen-bond donors (Lipinski definition) is 1. The van der Waals surface area contributed by atoms with Crippen molar-refractivity contribution in [3.05, 3.63) is 76.2 Å². The number of nitro groups is 1. The predicted octanol–water partition coefficient (Wildman–Crippen LogP) is 5.15. The number of nitrogens with zero attached hydrogens (tertiary/aromatic N) is 3. The number of halogens is 1. The van der Waals surface area contributed by atoms with E-state index in [1.54, 1.807) is 18.2 Å². The van der Waals surface area contributed by atoms with Gasteiger partial charge < -0.3 is 5.32 Å². The summed E-state index contributed by atoms with van der Waals surface area (Å²) in [5.41, 5.74) is 2.22. The molecule has 6 nitrogen and oxygen atoms in total. The van der Waals surface area contributed by atoms with Gasteiger partial charge in [-0.05, 0) is 29.8 Å². The van der Waals surface area contributed by atoms with Crippen LogP contribution in [0.15, 0.2) is 60.2 Å². The number of rotatable bonds is 4. The molecule has 0 bridgehead atoms. The van der Waals surface area contributed by atoms with Crippen LogP contribution in [0, 0.1) is 15.9 Å². The quantitative estimate of drug-likeness (QED) is 0.399. The molecule has 4 rings (SSSR count). The van der Waals surface area contributed by atoms with Crippen LogP contribution in [0.5, 0.6) is 0 Å². The molecule has 0 fully saturated rings. The molecule has 2 aromatic carbocycles. The number of benzene rings is 2. The number of hydrogen-bond acceptors (Lipinski definition) is 6. The molecule has 0 unspecified atom stereocenters. The van der Waals surface area contributed by atoms with E-state index < -0.39 is 4.92 Å². The molecule has 1 N–H and O–H groups in total. The van der Waals surface area contributed by atoms with Gasteiger partial charge in [0.1, 0.15) is 22.8 Å². The Bertz CT molecular complexity index is 1110. The molecule has 0 saturated heterocycles. The van der Waals surface area contributed by atoms with Crippen molar-refractivity contribution in [3.63, 3.8) is 0 Å². The van der Waals surface area contributed by atoms with Gasteiger partial charge in [-0.15, -0.1) is 11.3 Å².